The Morgan fingerprint density at radius 3 is 2.60 bits per heavy atom. The average Bonchev–Trinajstić information content (AvgIpc) is 2.30. The molecule has 0 heterocycles. The predicted molar refractivity (Wildman–Crippen MR) is 57.9 cm³/mol. The van der Waals surface area contributed by atoms with Crippen LogP contribution in [0.25, 0.3) is 0 Å². The quantitative estimate of drug-likeness (QED) is 0.547. The van der Waals surface area contributed by atoms with E-state index in [1.807, 2.05) is 30.3 Å². The Bertz CT molecular complexity index is 282. The smallest absolute Gasteiger partial charge is 0.162 e. The zero-order chi connectivity index (χ0) is 10.9. The lowest BCUT2D eigenvalue weighted by Crippen LogP contribution is -2.04. The van der Waals surface area contributed by atoms with Crippen molar-refractivity contribution in [2.75, 3.05) is 19.8 Å². The standard InChI is InChI=1S/C12H16O3/c13-8-10-15-9-4-7-12(14)11-5-2-1-3-6-11/h1-3,5-6,13H,4,7-10H2. The van der Waals surface area contributed by atoms with Crippen molar-refractivity contribution in [1.29, 1.82) is 0 Å². The summed E-state index contributed by atoms with van der Waals surface area (Å²) in [6.07, 6.45) is 1.20. The number of carbonyl (C=O) groups excluding carboxylic acids is 1. The molecule has 0 radical (unpaired) electrons. The van der Waals surface area contributed by atoms with Crippen molar-refractivity contribution in [3.8, 4) is 0 Å². The molecule has 0 bridgehead atoms. The lowest BCUT2D eigenvalue weighted by atomic mass is 10.1. The van der Waals surface area contributed by atoms with Crippen LogP contribution >= 0.6 is 0 Å². The van der Waals surface area contributed by atoms with E-state index in [0.29, 0.717) is 26.1 Å². The summed E-state index contributed by atoms with van der Waals surface area (Å²) in [5.41, 5.74) is 0.750. The van der Waals surface area contributed by atoms with E-state index in [2.05, 4.69) is 0 Å². The molecule has 1 aromatic rings. The van der Waals surface area contributed by atoms with Gasteiger partial charge in [0.1, 0.15) is 0 Å². The zero-order valence-corrected chi connectivity index (χ0v) is 8.69. The molecule has 0 saturated heterocycles. The number of rotatable bonds is 7. The minimum Gasteiger partial charge on any atom is -0.394 e. The number of aliphatic hydroxyl groups is 1. The Kier molecular flexibility index (Phi) is 5.66. The van der Waals surface area contributed by atoms with E-state index in [0.717, 1.165) is 5.56 Å². The SMILES string of the molecule is O=C(CCCOCCO)c1ccccc1. The summed E-state index contributed by atoms with van der Waals surface area (Å²) in [4.78, 5) is 11.6. The van der Waals surface area contributed by atoms with E-state index in [-0.39, 0.29) is 12.4 Å². The van der Waals surface area contributed by atoms with Gasteiger partial charge < -0.3 is 9.84 Å². The van der Waals surface area contributed by atoms with E-state index in [1.54, 1.807) is 0 Å². The second kappa shape index (κ2) is 7.15. The van der Waals surface area contributed by atoms with Gasteiger partial charge in [0.15, 0.2) is 5.78 Å². The number of ether oxygens (including phenoxy) is 1. The van der Waals surface area contributed by atoms with Crippen LogP contribution in [0.3, 0.4) is 0 Å². The van der Waals surface area contributed by atoms with E-state index in [1.165, 1.54) is 0 Å². The molecule has 1 rings (SSSR count). The number of hydrogen-bond acceptors (Lipinski definition) is 3. The summed E-state index contributed by atoms with van der Waals surface area (Å²) in [6, 6.07) is 9.24. The van der Waals surface area contributed by atoms with Crippen LogP contribution in [0.1, 0.15) is 23.2 Å². The van der Waals surface area contributed by atoms with Crippen LogP contribution in [-0.4, -0.2) is 30.7 Å². The topological polar surface area (TPSA) is 46.5 Å². The maximum Gasteiger partial charge on any atom is 0.162 e. The van der Waals surface area contributed by atoms with Crippen molar-refractivity contribution >= 4 is 5.78 Å². The van der Waals surface area contributed by atoms with Gasteiger partial charge in [0.25, 0.3) is 0 Å². The monoisotopic (exact) mass is 208 g/mol. The number of ketones is 1. The molecule has 0 aromatic heterocycles. The summed E-state index contributed by atoms with van der Waals surface area (Å²) in [5, 5.41) is 8.46. The molecule has 0 aliphatic carbocycles. The Balaban J connectivity index is 2.20. The average molecular weight is 208 g/mol. The van der Waals surface area contributed by atoms with Crippen LogP contribution in [-0.2, 0) is 4.74 Å². The minimum atomic E-state index is 0.0344. The zero-order valence-electron chi connectivity index (χ0n) is 8.69. The molecule has 1 N–H and O–H groups in total. The van der Waals surface area contributed by atoms with E-state index in [9.17, 15) is 4.79 Å². The molecule has 0 unspecified atom stereocenters. The molecule has 3 nitrogen and oxygen atoms in total. The fourth-order valence-electron chi connectivity index (χ4n) is 1.27. The molecule has 0 saturated carbocycles. The summed E-state index contributed by atoms with van der Waals surface area (Å²) < 4.78 is 5.07. The van der Waals surface area contributed by atoms with Crippen LogP contribution in [0, 0.1) is 0 Å². The van der Waals surface area contributed by atoms with Gasteiger partial charge in [0, 0.05) is 18.6 Å². The summed E-state index contributed by atoms with van der Waals surface area (Å²) >= 11 is 0. The fourth-order valence-corrected chi connectivity index (χ4v) is 1.27. The molecule has 0 amide bonds. The number of benzene rings is 1. The van der Waals surface area contributed by atoms with Gasteiger partial charge in [0.2, 0.25) is 0 Å². The van der Waals surface area contributed by atoms with Crippen molar-refractivity contribution < 1.29 is 14.6 Å². The molecule has 0 aliphatic rings. The van der Waals surface area contributed by atoms with Crippen LogP contribution < -0.4 is 0 Å². The van der Waals surface area contributed by atoms with Crippen molar-refractivity contribution in [3.05, 3.63) is 35.9 Å². The molecule has 0 spiro atoms. The van der Waals surface area contributed by atoms with Crippen LogP contribution in [0.5, 0.6) is 0 Å². The van der Waals surface area contributed by atoms with Gasteiger partial charge in [-0.1, -0.05) is 30.3 Å². The first kappa shape index (κ1) is 11.9. The largest absolute Gasteiger partial charge is 0.394 e. The van der Waals surface area contributed by atoms with Crippen molar-refractivity contribution in [2.45, 2.75) is 12.8 Å². The normalized spacial score (nSPS) is 10.2. The highest BCUT2D eigenvalue weighted by Gasteiger charge is 2.03. The fraction of sp³-hybridized carbons (Fsp3) is 0.417. The second-order valence-electron chi connectivity index (χ2n) is 3.23. The van der Waals surface area contributed by atoms with Gasteiger partial charge in [-0.25, -0.2) is 0 Å². The van der Waals surface area contributed by atoms with Crippen molar-refractivity contribution in [2.24, 2.45) is 0 Å². The third kappa shape index (κ3) is 4.72. The Labute approximate surface area is 89.7 Å². The Hall–Kier alpha value is -1.19. The van der Waals surface area contributed by atoms with Gasteiger partial charge in [-0.05, 0) is 6.42 Å². The highest BCUT2D eigenvalue weighted by molar-refractivity contribution is 5.95. The Morgan fingerprint density at radius 1 is 1.20 bits per heavy atom. The van der Waals surface area contributed by atoms with Crippen molar-refractivity contribution in [1.82, 2.24) is 0 Å². The number of aliphatic hydroxyl groups excluding tert-OH is 1. The third-order valence-corrected chi connectivity index (χ3v) is 2.02. The lowest BCUT2D eigenvalue weighted by molar-refractivity contribution is 0.0832. The Morgan fingerprint density at radius 2 is 1.93 bits per heavy atom. The van der Waals surface area contributed by atoms with Gasteiger partial charge in [0.05, 0.1) is 13.2 Å². The molecule has 15 heavy (non-hydrogen) atoms. The molecule has 0 fully saturated rings. The summed E-state index contributed by atoms with van der Waals surface area (Å²) in [5.74, 6) is 0.142. The van der Waals surface area contributed by atoms with Crippen molar-refractivity contribution in [3.63, 3.8) is 0 Å². The van der Waals surface area contributed by atoms with E-state index in [4.69, 9.17) is 9.84 Å². The molecule has 3 heteroatoms. The van der Waals surface area contributed by atoms with Gasteiger partial charge >= 0.3 is 0 Å². The van der Waals surface area contributed by atoms with Crippen LogP contribution in [0.15, 0.2) is 30.3 Å². The highest BCUT2D eigenvalue weighted by atomic mass is 16.5. The first-order chi connectivity index (χ1) is 7.34. The highest BCUT2D eigenvalue weighted by Crippen LogP contribution is 2.04. The third-order valence-electron chi connectivity index (χ3n) is 2.02. The maximum atomic E-state index is 11.6. The minimum absolute atomic E-state index is 0.0344. The first-order valence-corrected chi connectivity index (χ1v) is 5.11. The molecule has 1 aromatic carbocycles. The van der Waals surface area contributed by atoms with Crippen LogP contribution in [0.2, 0.25) is 0 Å². The van der Waals surface area contributed by atoms with E-state index >= 15 is 0 Å². The predicted octanol–water partition coefficient (Wildman–Crippen LogP) is 1.66. The number of carbonyl (C=O) groups is 1. The van der Waals surface area contributed by atoms with Gasteiger partial charge in [-0.2, -0.15) is 0 Å². The van der Waals surface area contributed by atoms with Crippen LogP contribution in [0.4, 0.5) is 0 Å². The van der Waals surface area contributed by atoms with E-state index < -0.39 is 0 Å². The molecule has 82 valence electrons. The summed E-state index contributed by atoms with van der Waals surface area (Å²) in [6.45, 7) is 0.908. The maximum absolute atomic E-state index is 11.6. The number of hydrogen-bond donors (Lipinski definition) is 1. The molecular weight excluding hydrogens is 192 g/mol. The number of Topliss-reactive ketones (excluding diaryl/α,β-unsaturated/α-hetero) is 1. The molecule has 0 aliphatic heterocycles. The molecule has 0 atom stereocenters. The van der Waals surface area contributed by atoms with Gasteiger partial charge in [-0.15, -0.1) is 0 Å². The lowest BCUT2D eigenvalue weighted by Gasteiger charge is -2.02. The van der Waals surface area contributed by atoms with Gasteiger partial charge in [-0.3, -0.25) is 4.79 Å². The second-order valence-corrected chi connectivity index (χ2v) is 3.23. The summed E-state index contributed by atoms with van der Waals surface area (Å²) in [7, 11) is 0. The molecular formula is C12H16O3. The first-order valence-electron chi connectivity index (χ1n) is 5.11.